The maximum absolute atomic E-state index is 12.4. The molecule has 2 aromatic heterocycles. The van der Waals surface area contributed by atoms with Gasteiger partial charge >= 0.3 is 0 Å². The Balaban J connectivity index is 1.80. The molecule has 2 heterocycles. The number of aromatic amines is 1. The lowest BCUT2D eigenvalue weighted by molar-refractivity contribution is 0.0951. The summed E-state index contributed by atoms with van der Waals surface area (Å²) < 4.78 is 0. The van der Waals surface area contributed by atoms with Crippen LogP contribution in [0.15, 0.2) is 55.0 Å². The van der Waals surface area contributed by atoms with Crippen molar-refractivity contribution in [1.29, 1.82) is 5.26 Å². The number of hydrogen-bond acceptors (Lipinski definition) is 4. The van der Waals surface area contributed by atoms with Crippen LogP contribution < -0.4 is 5.32 Å². The highest BCUT2D eigenvalue weighted by Gasteiger charge is 2.15. The Kier molecular flexibility index (Phi) is 4.11. The van der Waals surface area contributed by atoms with E-state index in [9.17, 15) is 4.79 Å². The lowest BCUT2D eigenvalue weighted by Gasteiger charge is -2.06. The summed E-state index contributed by atoms with van der Waals surface area (Å²) in [6.45, 7) is 0.384. The zero-order valence-electron chi connectivity index (χ0n) is 12.2. The number of nitrogens with zero attached hydrogens (tertiary/aromatic N) is 3. The average Bonchev–Trinajstić information content (AvgIpc) is 3.10. The molecule has 0 radical (unpaired) electrons. The second kappa shape index (κ2) is 6.54. The number of pyridine rings is 1. The molecule has 0 atom stereocenters. The van der Waals surface area contributed by atoms with Gasteiger partial charge in [0.2, 0.25) is 0 Å². The highest BCUT2D eigenvalue weighted by atomic mass is 16.1. The topological polar surface area (TPSA) is 94.5 Å². The summed E-state index contributed by atoms with van der Waals surface area (Å²) in [4.78, 5) is 16.4. The van der Waals surface area contributed by atoms with Crippen molar-refractivity contribution in [3.63, 3.8) is 0 Å². The number of hydrogen-bond donors (Lipinski definition) is 2. The maximum atomic E-state index is 12.4. The third-order valence-corrected chi connectivity index (χ3v) is 3.34. The minimum atomic E-state index is -0.236. The molecule has 2 N–H and O–H groups in total. The zero-order chi connectivity index (χ0) is 16.1. The van der Waals surface area contributed by atoms with Gasteiger partial charge in [-0.1, -0.05) is 18.2 Å². The van der Waals surface area contributed by atoms with Crippen molar-refractivity contribution in [2.45, 2.75) is 6.54 Å². The molecule has 6 nitrogen and oxygen atoms in total. The molecule has 0 saturated heterocycles. The SMILES string of the molecule is N#Cc1cccc(-c2[nH]ncc2C(=O)NCc2cccnc2)c1. The Hall–Kier alpha value is -3.46. The monoisotopic (exact) mass is 303 g/mol. The molecular weight excluding hydrogens is 290 g/mol. The number of benzene rings is 1. The molecule has 0 aliphatic heterocycles. The predicted molar refractivity (Wildman–Crippen MR) is 84.1 cm³/mol. The first-order chi connectivity index (χ1) is 11.3. The van der Waals surface area contributed by atoms with Crippen LogP contribution in [0.3, 0.4) is 0 Å². The number of nitrogens with one attached hydrogen (secondary N) is 2. The molecule has 0 saturated carbocycles. The van der Waals surface area contributed by atoms with E-state index in [1.807, 2.05) is 18.2 Å². The summed E-state index contributed by atoms with van der Waals surface area (Å²) in [5.74, 6) is -0.236. The van der Waals surface area contributed by atoms with Crippen LogP contribution in [0, 0.1) is 11.3 Å². The number of rotatable bonds is 4. The van der Waals surface area contributed by atoms with E-state index < -0.39 is 0 Å². The third kappa shape index (κ3) is 3.24. The van der Waals surface area contributed by atoms with Crippen molar-refractivity contribution >= 4 is 5.91 Å². The van der Waals surface area contributed by atoms with Crippen LogP contribution in [-0.2, 0) is 6.54 Å². The van der Waals surface area contributed by atoms with E-state index in [1.54, 1.807) is 30.6 Å². The van der Waals surface area contributed by atoms with Crippen molar-refractivity contribution in [1.82, 2.24) is 20.5 Å². The molecular formula is C17H13N5O. The van der Waals surface area contributed by atoms with Gasteiger partial charge < -0.3 is 5.32 Å². The molecule has 112 valence electrons. The second-order valence-electron chi connectivity index (χ2n) is 4.90. The fourth-order valence-electron chi connectivity index (χ4n) is 2.20. The molecule has 0 aliphatic carbocycles. The van der Waals surface area contributed by atoms with E-state index in [4.69, 9.17) is 5.26 Å². The molecule has 3 aromatic rings. The van der Waals surface area contributed by atoms with Crippen LogP contribution >= 0.6 is 0 Å². The van der Waals surface area contributed by atoms with Gasteiger partial charge in [0.05, 0.1) is 29.1 Å². The number of carbonyl (C=O) groups excluding carboxylic acids is 1. The van der Waals surface area contributed by atoms with Crippen molar-refractivity contribution in [3.8, 4) is 17.3 Å². The number of aromatic nitrogens is 3. The first kappa shape index (κ1) is 14.5. The lowest BCUT2D eigenvalue weighted by Crippen LogP contribution is -2.23. The molecule has 0 spiro atoms. The summed E-state index contributed by atoms with van der Waals surface area (Å²) in [5.41, 5.74) is 3.21. The van der Waals surface area contributed by atoms with Crippen molar-refractivity contribution < 1.29 is 4.79 Å². The van der Waals surface area contributed by atoms with Gasteiger partial charge in [-0.2, -0.15) is 10.4 Å². The van der Waals surface area contributed by atoms with Gasteiger partial charge in [0, 0.05) is 24.5 Å². The third-order valence-electron chi connectivity index (χ3n) is 3.34. The van der Waals surface area contributed by atoms with Crippen molar-refractivity contribution in [2.24, 2.45) is 0 Å². The van der Waals surface area contributed by atoms with Gasteiger partial charge in [0.15, 0.2) is 0 Å². The molecule has 1 amide bonds. The van der Waals surface area contributed by atoms with Crippen molar-refractivity contribution in [2.75, 3.05) is 0 Å². The zero-order valence-corrected chi connectivity index (χ0v) is 12.2. The molecule has 0 bridgehead atoms. The quantitative estimate of drug-likeness (QED) is 0.773. The smallest absolute Gasteiger partial charge is 0.255 e. The molecule has 1 aromatic carbocycles. The normalized spacial score (nSPS) is 10.0. The molecule has 23 heavy (non-hydrogen) atoms. The van der Waals surface area contributed by atoms with E-state index in [0.717, 1.165) is 11.1 Å². The Morgan fingerprint density at radius 3 is 2.96 bits per heavy atom. The van der Waals surface area contributed by atoms with Gasteiger partial charge in [-0.3, -0.25) is 14.9 Å². The van der Waals surface area contributed by atoms with E-state index >= 15 is 0 Å². The standard InChI is InChI=1S/C17H13N5O/c18-8-12-3-1-5-14(7-12)16-15(11-21-22-16)17(23)20-10-13-4-2-6-19-9-13/h1-7,9,11H,10H2,(H,20,23)(H,21,22). The largest absolute Gasteiger partial charge is 0.348 e. The molecule has 0 aliphatic rings. The predicted octanol–water partition coefficient (Wildman–Crippen LogP) is 2.27. The Bertz CT molecular complexity index is 864. The lowest BCUT2D eigenvalue weighted by atomic mass is 10.1. The Labute approximate surface area is 132 Å². The molecule has 3 rings (SSSR count). The summed E-state index contributed by atoms with van der Waals surface area (Å²) in [5, 5.41) is 18.6. The minimum Gasteiger partial charge on any atom is -0.348 e. The van der Waals surface area contributed by atoms with Crippen LogP contribution in [0.5, 0.6) is 0 Å². The summed E-state index contributed by atoms with van der Waals surface area (Å²) in [7, 11) is 0. The van der Waals surface area contributed by atoms with Crippen molar-refractivity contribution in [3.05, 3.63) is 71.7 Å². The summed E-state index contributed by atoms with van der Waals surface area (Å²) >= 11 is 0. The highest BCUT2D eigenvalue weighted by Crippen LogP contribution is 2.22. The number of nitriles is 1. The van der Waals surface area contributed by atoms with Crippen LogP contribution in [0.4, 0.5) is 0 Å². The Morgan fingerprint density at radius 1 is 1.26 bits per heavy atom. The second-order valence-corrected chi connectivity index (χ2v) is 4.90. The van der Waals surface area contributed by atoms with Gasteiger partial charge in [0.1, 0.15) is 0 Å². The first-order valence-corrected chi connectivity index (χ1v) is 6.99. The van der Waals surface area contributed by atoms with Gasteiger partial charge in [-0.05, 0) is 23.8 Å². The van der Waals surface area contributed by atoms with E-state index in [2.05, 4.69) is 26.6 Å². The fourth-order valence-corrected chi connectivity index (χ4v) is 2.20. The molecule has 0 fully saturated rings. The van der Waals surface area contributed by atoms with Crippen LogP contribution in [0.2, 0.25) is 0 Å². The first-order valence-electron chi connectivity index (χ1n) is 6.99. The minimum absolute atomic E-state index is 0.236. The van der Waals surface area contributed by atoms with Gasteiger partial charge in [0.25, 0.3) is 5.91 Å². The van der Waals surface area contributed by atoms with E-state index in [0.29, 0.717) is 23.4 Å². The number of amides is 1. The van der Waals surface area contributed by atoms with E-state index in [1.165, 1.54) is 6.20 Å². The Morgan fingerprint density at radius 2 is 2.17 bits per heavy atom. The average molecular weight is 303 g/mol. The molecule has 6 heteroatoms. The fraction of sp³-hybridized carbons (Fsp3) is 0.0588. The van der Waals surface area contributed by atoms with Crippen LogP contribution in [-0.4, -0.2) is 21.1 Å². The maximum Gasteiger partial charge on any atom is 0.255 e. The number of H-pyrrole nitrogens is 1. The van der Waals surface area contributed by atoms with Crippen LogP contribution in [0.1, 0.15) is 21.5 Å². The van der Waals surface area contributed by atoms with Crippen LogP contribution in [0.25, 0.3) is 11.3 Å². The summed E-state index contributed by atoms with van der Waals surface area (Å²) in [6.07, 6.45) is 4.86. The van der Waals surface area contributed by atoms with Gasteiger partial charge in [-0.15, -0.1) is 0 Å². The van der Waals surface area contributed by atoms with Gasteiger partial charge in [-0.25, -0.2) is 0 Å². The number of carbonyl (C=O) groups is 1. The molecule has 0 unspecified atom stereocenters. The highest BCUT2D eigenvalue weighted by molar-refractivity contribution is 5.99. The summed E-state index contributed by atoms with van der Waals surface area (Å²) in [6, 6.07) is 12.8. The van der Waals surface area contributed by atoms with E-state index in [-0.39, 0.29) is 5.91 Å².